The van der Waals surface area contributed by atoms with Crippen LogP contribution in [0, 0.1) is 20.7 Å². The zero-order chi connectivity index (χ0) is 10.3. The van der Waals surface area contributed by atoms with Gasteiger partial charge in [0.2, 0.25) is 0 Å². The van der Waals surface area contributed by atoms with E-state index in [0.717, 1.165) is 0 Å². The highest BCUT2D eigenvalue weighted by molar-refractivity contribution is 14.1. The number of hydrogen-bond acceptors (Lipinski definition) is 3. The summed E-state index contributed by atoms with van der Waals surface area (Å²) in [7, 11) is 0. The minimum absolute atomic E-state index is 0.139. The summed E-state index contributed by atoms with van der Waals surface area (Å²) in [5, 5.41) is 18.1. The number of halogens is 1. The molecule has 0 atom stereocenters. The van der Waals surface area contributed by atoms with Crippen molar-refractivity contribution in [1.82, 2.24) is 10.2 Å². The molecule has 0 amide bonds. The van der Waals surface area contributed by atoms with Crippen LogP contribution in [0.3, 0.4) is 0 Å². The van der Waals surface area contributed by atoms with Crippen LogP contribution in [0.15, 0.2) is 12.1 Å². The number of aryl methyl sites for hydroxylation is 1. The average molecular weight is 303 g/mol. The predicted octanol–water partition coefficient (Wildman–Crippen LogP) is 2.38. The van der Waals surface area contributed by atoms with Crippen LogP contribution in [0.1, 0.15) is 5.56 Å². The number of nitrogens with one attached hydrogen (secondary N) is 1. The van der Waals surface area contributed by atoms with Crippen LogP contribution in [0.2, 0.25) is 0 Å². The Morgan fingerprint density at radius 3 is 2.93 bits per heavy atom. The van der Waals surface area contributed by atoms with Gasteiger partial charge in [0.05, 0.1) is 4.92 Å². The van der Waals surface area contributed by atoms with Crippen LogP contribution in [0.4, 0.5) is 5.69 Å². The van der Waals surface area contributed by atoms with Crippen LogP contribution < -0.4 is 0 Å². The molecule has 5 nitrogen and oxygen atoms in total. The smallest absolute Gasteiger partial charge is 0.271 e. The number of nitrogens with zero attached hydrogens (tertiary/aromatic N) is 2. The quantitative estimate of drug-likeness (QED) is 0.499. The molecule has 0 unspecified atom stereocenters. The second-order valence-corrected chi connectivity index (χ2v) is 4.00. The van der Waals surface area contributed by atoms with Crippen LogP contribution in [0.5, 0.6) is 0 Å². The molecule has 1 heterocycles. The minimum Gasteiger partial charge on any atom is -0.271 e. The molecule has 0 saturated carbocycles. The fraction of sp³-hybridized carbons (Fsp3) is 0.125. The first-order chi connectivity index (χ1) is 6.61. The SMILES string of the molecule is Cc1ccc2n[nH]c(I)c2c1[N+](=O)[O-]. The summed E-state index contributed by atoms with van der Waals surface area (Å²) in [6, 6.07) is 3.48. The molecule has 0 radical (unpaired) electrons. The molecule has 0 fully saturated rings. The second kappa shape index (κ2) is 3.19. The summed E-state index contributed by atoms with van der Waals surface area (Å²) in [5.41, 5.74) is 1.43. The van der Waals surface area contributed by atoms with Crippen LogP contribution >= 0.6 is 22.6 Å². The molecule has 0 aliphatic heterocycles. The second-order valence-electron chi connectivity index (χ2n) is 2.92. The lowest BCUT2D eigenvalue weighted by Crippen LogP contribution is -1.92. The van der Waals surface area contributed by atoms with E-state index in [1.165, 1.54) is 0 Å². The van der Waals surface area contributed by atoms with Gasteiger partial charge in [0.25, 0.3) is 5.69 Å². The van der Waals surface area contributed by atoms with Crippen LogP contribution in [-0.4, -0.2) is 15.1 Å². The first-order valence-corrected chi connectivity index (χ1v) is 4.96. The van der Waals surface area contributed by atoms with Crippen LogP contribution in [-0.2, 0) is 0 Å². The summed E-state index contributed by atoms with van der Waals surface area (Å²) in [5.74, 6) is 0. The highest BCUT2D eigenvalue weighted by atomic mass is 127. The number of H-pyrrole nitrogens is 1. The van der Waals surface area contributed by atoms with E-state index in [9.17, 15) is 10.1 Å². The number of nitro groups is 1. The highest BCUT2D eigenvalue weighted by Gasteiger charge is 2.19. The molecule has 2 aromatic rings. The Bertz CT molecular complexity index is 521. The van der Waals surface area contributed by atoms with Gasteiger partial charge in [0.1, 0.15) is 14.6 Å². The molecule has 0 spiro atoms. The number of nitro benzene ring substituents is 1. The van der Waals surface area contributed by atoms with E-state index in [0.29, 0.717) is 20.2 Å². The molecule has 0 aliphatic rings. The van der Waals surface area contributed by atoms with Gasteiger partial charge in [-0.05, 0) is 35.6 Å². The summed E-state index contributed by atoms with van der Waals surface area (Å²) >= 11 is 2.01. The van der Waals surface area contributed by atoms with Gasteiger partial charge in [0, 0.05) is 5.56 Å². The van der Waals surface area contributed by atoms with Crippen molar-refractivity contribution in [3.05, 3.63) is 31.5 Å². The molecule has 0 bridgehead atoms. The third-order valence-electron chi connectivity index (χ3n) is 2.03. The number of hydrogen-bond donors (Lipinski definition) is 1. The van der Waals surface area contributed by atoms with Gasteiger partial charge in [0.15, 0.2) is 0 Å². The lowest BCUT2D eigenvalue weighted by Gasteiger charge is -1.97. The van der Waals surface area contributed by atoms with Crippen molar-refractivity contribution < 1.29 is 4.92 Å². The Balaban J connectivity index is 2.94. The highest BCUT2D eigenvalue weighted by Crippen LogP contribution is 2.30. The van der Waals surface area contributed by atoms with Crippen LogP contribution in [0.25, 0.3) is 10.9 Å². The Morgan fingerprint density at radius 2 is 2.29 bits per heavy atom. The number of rotatable bonds is 1. The van der Waals surface area contributed by atoms with E-state index in [2.05, 4.69) is 10.2 Å². The van der Waals surface area contributed by atoms with Crippen molar-refractivity contribution in [2.75, 3.05) is 0 Å². The monoisotopic (exact) mass is 303 g/mol. The van der Waals surface area contributed by atoms with E-state index in [4.69, 9.17) is 0 Å². The summed E-state index contributed by atoms with van der Waals surface area (Å²) < 4.78 is 0.702. The maximum atomic E-state index is 10.8. The van der Waals surface area contributed by atoms with Crippen molar-refractivity contribution in [2.45, 2.75) is 6.92 Å². The molecule has 2 rings (SSSR count). The number of fused-ring (bicyclic) bond motifs is 1. The van der Waals surface area contributed by atoms with Crippen molar-refractivity contribution in [2.24, 2.45) is 0 Å². The molecule has 0 aliphatic carbocycles. The van der Waals surface area contributed by atoms with Crippen molar-refractivity contribution in [1.29, 1.82) is 0 Å². The predicted molar refractivity (Wildman–Crippen MR) is 60.2 cm³/mol. The summed E-state index contributed by atoms with van der Waals surface area (Å²) in [4.78, 5) is 10.5. The van der Waals surface area contributed by atoms with Crippen molar-refractivity contribution in [3.63, 3.8) is 0 Å². The van der Waals surface area contributed by atoms with E-state index < -0.39 is 0 Å². The molecule has 1 aromatic heterocycles. The third kappa shape index (κ3) is 1.26. The van der Waals surface area contributed by atoms with Crippen molar-refractivity contribution in [3.8, 4) is 0 Å². The molecule has 6 heteroatoms. The third-order valence-corrected chi connectivity index (χ3v) is 2.81. The molecule has 1 aromatic carbocycles. The Morgan fingerprint density at radius 1 is 1.57 bits per heavy atom. The first kappa shape index (κ1) is 9.38. The van der Waals surface area contributed by atoms with Gasteiger partial charge in [-0.15, -0.1) is 0 Å². The van der Waals surface area contributed by atoms with E-state index in [1.807, 2.05) is 22.6 Å². The average Bonchev–Trinajstić information content (AvgIpc) is 2.47. The molecule has 1 N–H and O–H groups in total. The maximum absolute atomic E-state index is 10.8. The molecular formula is C8H6IN3O2. The molecule has 0 saturated heterocycles. The van der Waals surface area contributed by atoms with Gasteiger partial charge in [-0.2, -0.15) is 5.10 Å². The van der Waals surface area contributed by atoms with E-state index in [1.54, 1.807) is 19.1 Å². The zero-order valence-electron chi connectivity index (χ0n) is 7.24. The van der Waals surface area contributed by atoms with Gasteiger partial charge in [-0.3, -0.25) is 15.2 Å². The summed E-state index contributed by atoms with van der Waals surface area (Å²) in [6.07, 6.45) is 0. The maximum Gasteiger partial charge on any atom is 0.284 e. The van der Waals surface area contributed by atoms with Gasteiger partial charge in [-0.25, -0.2) is 0 Å². The Hall–Kier alpha value is -1.18. The standard InChI is InChI=1S/C8H6IN3O2/c1-4-2-3-5-6(7(4)12(13)14)8(9)11-10-5/h2-3H,1H3,(H,10,11). The zero-order valence-corrected chi connectivity index (χ0v) is 9.40. The lowest BCUT2D eigenvalue weighted by atomic mass is 10.1. The van der Waals surface area contributed by atoms with Crippen molar-refractivity contribution >= 4 is 39.2 Å². The number of benzene rings is 1. The number of aromatic nitrogens is 2. The van der Waals surface area contributed by atoms with E-state index >= 15 is 0 Å². The van der Waals surface area contributed by atoms with Gasteiger partial charge in [-0.1, -0.05) is 6.07 Å². The van der Waals surface area contributed by atoms with E-state index in [-0.39, 0.29) is 10.6 Å². The molecule has 72 valence electrons. The largest absolute Gasteiger partial charge is 0.284 e. The first-order valence-electron chi connectivity index (χ1n) is 3.89. The topological polar surface area (TPSA) is 71.8 Å². The normalized spacial score (nSPS) is 10.7. The lowest BCUT2D eigenvalue weighted by molar-refractivity contribution is -0.383. The number of aromatic amines is 1. The summed E-state index contributed by atoms with van der Waals surface area (Å²) in [6.45, 7) is 1.72. The minimum atomic E-state index is -0.366. The van der Waals surface area contributed by atoms with Gasteiger partial charge >= 0.3 is 0 Å². The molecule has 14 heavy (non-hydrogen) atoms. The fourth-order valence-corrected chi connectivity index (χ4v) is 2.05. The Labute approximate surface area is 92.8 Å². The Kier molecular flexibility index (Phi) is 2.14. The van der Waals surface area contributed by atoms with Gasteiger partial charge < -0.3 is 0 Å². The fourth-order valence-electron chi connectivity index (χ4n) is 1.39. The molecular weight excluding hydrogens is 297 g/mol.